The van der Waals surface area contributed by atoms with Gasteiger partial charge < -0.3 is 40.2 Å². The minimum atomic E-state index is -1.76. The number of allylic oxidation sites excluding steroid dienone is 1. The topological polar surface area (TPSA) is 164 Å². The summed E-state index contributed by atoms with van der Waals surface area (Å²) in [6, 6.07) is -0.970. The van der Waals surface area contributed by atoms with E-state index in [1.807, 2.05) is 20.8 Å². The van der Waals surface area contributed by atoms with E-state index in [1.165, 1.54) is 45.3 Å². The van der Waals surface area contributed by atoms with Crippen LogP contribution >= 0.6 is 0 Å². The molecule has 232 valence electrons. The van der Waals surface area contributed by atoms with Crippen LogP contribution in [0.15, 0.2) is 12.2 Å². The van der Waals surface area contributed by atoms with Gasteiger partial charge in [-0.1, -0.05) is 84.8 Å². The van der Waals surface area contributed by atoms with Crippen molar-refractivity contribution in [1.29, 1.82) is 0 Å². The van der Waals surface area contributed by atoms with Crippen molar-refractivity contribution in [2.45, 2.75) is 128 Å². The smallest absolute Gasteiger partial charge is 0.434 e. The number of hydrogen-bond donors (Lipinski definition) is 5. The first kappa shape index (κ1) is 35.8. The van der Waals surface area contributed by atoms with Crippen molar-refractivity contribution >= 4 is 18.0 Å². The Morgan fingerprint density at radius 2 is 1.65 bits per heavy atom. The van der Waals surface area contributed by atoms with Crippen LogP contribution < -0.4 is 10.6 Å². The summed E-state index contributed by atoms with van der Waals surface area (Å²) in [5, 5.41) is 36.2. The monoisotopic (exact) mass is 572 g/mol. The van der Waals surface area contributed by atoms with Gasteiger partial charge in [-0.15, -0.1) is 0 Å². The molecule has 0 aromatic rings. The van der Waals surface area contributed by atoms with Gasteiger partial charge in [-0.05, 0) is 24.7 Å². The van der Waals surface area contributed by atoms with Gasteiger partial charge in [0, 0.05) is 7.11 Å². The van der Waals surface area contributed by atoms with Gasteiger partial charge in [-0.25, -0.2) is 4.79 Å². The van der Waals surface area contributed by atoms with E-state index < -0.39 is 54.5 Å². The van der Waals surface area contributed by atoms with Crippen molar-refractivity contribution in [3.63, 3.8) is 0 Å². The predicted molar refractivity (Wildman–Crippen MR) is 150 cm³/mol. The zero-order valence-electron chi connectivity index (χ0n) is 24.9. The lowest BCUT2D eigenvalue weighted by molar-refractivity contribution is -0.150. The quantitative estimate of drug-likeness (QED) is 0.100. The van der Waals surface area contributed by atoms with E-state index in [4.69, 9.17) is 14.2 Å². The van der Waals surface area contributed by atoms with Crippen LogP contribution in [0.25, 0.3) is 0 Å². The van der Waals surface area contributed by atoms with E-state index >= 15 is 0 Å². The van der Waals surface area contributed by atoms with E-state index in [1.54, 1.807) is 6.08 Å². The molecule has 0 bridgehead atoms. The number of carbonyl (C=O) groups is 3. The van der Waals surface area contributed by atoms with Gasteiger partial charge in [0.2, 0.25) is 5.91 Å². The molecule has 0 spiro atoms. The zero-order valence-corrected chi connectivity index (χ0v) is 24.9. The van der Waals surface area contributed by atoms with Gasteiger partial charge in [-0.2, -0.15) is 0 Å². The van der Waals surface area contributed by atoms with E-state index in [-0.39, 0.29) is 31.4 Å². The SMILES string of the molecule is CCCCCCCCCCOC(=O)O[C@@H]1CC[C@H](NC(=O)[C@H](OC)[C@H](O)[C@@H](O)[C@H](O)C=CC(C)(C)C)C(=O)NC1. The normalized spacial score (nSPS) is 21.1. The fourth-order valence-electron chi connectivity index (χ4n) is 4.26. The lowest BCUT2D eigenvalue weighted by atomic mass is 9.94. The third kappa shape index (κ3) is 14.4. The molecule has 1 aliphatic rings. The Morgan fingerprint density at radius 1 is 1.02 bits per heavy atom. The number of aliphatic hydroxyl groups excluding tert-OH is 3. The maximum atomic E-state index is 12.8. The zero-order chi connectivity index (χ0) is 30.1. The van der Waals surface area contributed by atoms with Gasteiger partial charge in [0.25, 0.3) is 5.91 Å². The predicted octanol–water partition coefficient (Wildman–Crippen LogP) is 2.74. The maximum Gasteiger partial charge on any atom is 0.508 e. The van der Waals surface area contributed by atoms with Gasteiger partial charge in [0.1, 0.15) is 30.5 Å². The largest absolute Gasteiger partial charge is 0.508 e. The molecule has 11 nitrogen and oxygen atoms in total. The molecule has 40 heavy (non-hydrogen) atoms. The number of carbonyl (C=O) groups excluding carboxylic acids is 3. The van der Waals surface area contributed by atoms with E-state index in [9.17, 15) is 29.7 Å². The average Bonchev–Trinajstić information content (AvgIpc) is 3.06. The number of methoxy groups -OCH3 is 1. The summed E-state index contributed by atoms with van der Waals surface area (Å²) in [5.41, 5.74) is -0.262. The van der Waals surface area contributed by atoms with Gasteiger partial charge >= 0.3 is 6.16 Å². The highest BCUT2D eigenvalue weighted by molar-refractivity contribution is 5.89. The van der Waals surface area contributed by atoms with Crippen molar-refractivity contribution in [3.8, 4) is 0 Å². The molecule has 0 aliphatic carbocycles. The van der Waals surface area contributed by atoms with Crippen LogP contribution in [-0.4, -0.2) is 90.1 Å². The van der Waals surface area contributed by atoms with Crippen molar-refractivity contribution in [1.82, 2.24) is 10.6 Å². The number of nitrogens with one attached hydrogen (secondary N) is 2. The van der Waals surface area contributed by atoms with Crippen LogP contribution in [0.1, 0.15) is 91.9 Å². The van der Waals surface area contributed by atoms with Gasteiger partial charge in [-0.3, -0.25) is 9.59 Å². The summed E-state index contributed by atoms with van der Waals surface area (Å²) in [7, 11) is 1.17. The number of unbranched alkanes of at least 4 members (excludes halogenated alkanes) is 7. The van der Waals surface area contributed by atoms with Crippen LogP contribution in [0.5, 0.6) is 0 Å². The molecule has 0 aromatic heterocycles. The Bertz CT molecular complexity index is 784. The molecule has 0 saturated carbocycles. The summed E-state index contributed by atoms with van der Waals surface area (Å²) in [5.74, 6) is -1.31. The summed E-state index contributed by atoms with van der Waals surface area (Å²) in [6.07, 6.45) is 4.67. The van der Waals surface area contributed by atoms with Gasteiger partial charge in [0.05, 0.1) is 13.2 Å². The number of aliphatic hydroxyl groups is 3. The number of hydrogen-bond acceptors (Lipinski definition) is 9. The van der Waals surface area contributed by atoms with Crippen LogP contribution in [0.3, 0.4) is 0 Å². The number of ether oxygens (including phenoxy) is 3. The second-order valence-corrected chi connectivity index (χ2v) is 11.6. The van der Waals surface area contributed by atoms with Crippen molar-refractivity contribution in [2.24, 2.45) is 5.41 Å². The Morgan fingerprint density at radius 3 is 2.25 bits per heavy atom. The van der Waals surface area contributed by atoms with Crippen LogP contribution in [0.2, 0.25) is 0 Å². The van der Waals surface area contributed by atoms with Crippen molar-refractivity contribution in [2.75, 3.05) is 20.3 Å². The van der Waals surface area contributed by atoms with Crippen LogP contribution in [0.4, 0.5) is 4.79 Å². The maximum absolute atomic E-state index is 12.8. The molecule has 5 N–H and O–H groups in total. The van der Waals surface area contributed by atoms with E-state index in [2.05, 4.69) is 17.6 Å². The second-order valence-electron chi connectivity index (χ2n) is 11.6. The highest BCUT2D eigenvalue weighted by Crippen LogP contribution is 2.18. The van der Waals surface area contributed by atoms with Crippen molar-refractivity contribution in [3.05, 3.63) is 12.2 Å². The van der Waals surface area contributed by atoms with E-state index in [0.29, 0.717) is 0 Å². The molecule has 1 heterocycles. The lowest BCUT2D eigenvalue weighted by Crippen LogP contribution is -2.55. The Hall–Kier alpha value is -2.21. The highest BCUT2D eigenvalue weighted by Gasteiger charge is 2.37. The lowest BCUT2D eigenvalue weighted by Gasteiger charge is -2.28. The summed E-state index contributed by atoms with van der Waals surface area (Å²) >= 11 is 0. The first-order chi connectivity index (χ1) is 18.9. The molecular formula is C29H52N2O9. The molecule has 2 amide bonds. The van der Waals surface area contributed by atoms with Crippen LogP contribution in [-0.2, 0) is 23.8 Å². The van der Waals surface area contributed by atoms with Gasteiger partial charge in [0.15, 0.2) is 6.10 Å². The molecule has 6 atom stereocenters. The molecule has 1 aliphatic heterocycles. The number of amides is 2. The molecule has 0 unspecified atom stereocenters. The first-order valence-corrected chi connectivity index (χ1v) is 14.6. The molecule has 0 radical (unpaired) electrons. The van der Waals surface area contributed by atoms with Crippen LogP contribution in [0, 0.1) is 5.41 Å². The minimum absolute atomic E-state index is 0.0689. The third-order valence-corrected chi connectivity index (χ3v) is 6.71. The van der Waals surface area contributed by atoms with Crippen molar-refractivity contribution < 1.29 is 43.9 Å². The summed E-state index contributed by atoms with van der Waals surface area (Å²) in [4.78, 5) is 37.4. The molecular weight excluding hydrogens is 520 g/mol. The standard InChI is InChI=1S/C29H52N2O9/c1-6-7-8-9-10-11-12-13-18-39-28(37)40-20-14-15-21(26(35)30-19-20)31-27(36)25(38-5)24(34)23(33)22(32)16-17-29(2,3)4/h16-17,20-25,32-34H,6-15,18-19H2,1-5H3,(H,30,35)(H,31,36)/t20-,21+,22-,23+,24-,25-/m1/s1. The number of rotatable bonds is 17. The van der Waals surface area contributed by atoms with E-state index in [0.717, 1.165) is 19.3 Å². The Balaban J connectivity index is 2.48. The molecule has 11 heteroatoms. The molecule has 0 aromatic carbocycles. The molecule has 1 fully saturated rings. The summed E-state index contributed by atoms with van der Waals surface area (Å²) in [6.45, 7) is 8.24. The average molecular weight is 573 g/mol. The molecule has 1 saturated heterocycles. The second kappa shape index (κ2) is 19.0. The highest BCUT2D eigenvalue weighted by atomic mass is 16.7. The first-order valence-electron chi connectivity index (χ1n) is 14.6. The fourth-order valence-corrected chi connectivity index (χ4v) is 4.26. The third-order valence-electron chi connectivity index (χ3n) is 6.71. The molecule has 1 rings (SSSR count). The Kier molecular flexibility index (Phi) is 17.0. The Labute approximate surface area is 239 Å². The minimum Gasteiger partial charge on any atom is -0.434 e. The summed E-state index contributed by atoms with van der Waals surface area (Å²) < 4.78 is 15.6. The fraction of sp³-hybridized carbons (Fsp3) is 0.828.